The minimum absolute atomic E-state index is 0.0532. The molecule has 1 aliphatic carbocycles. The first-order chi connectivity index (χ1) is 12.0. The highest BCUT2D eigenvalue weighted by molar-refractivity contribution is 5.83. The molecule has 0 radical (unpaired) electrons. The van der Waals surface area contributed by atoms with E-state index >= 15 is 0 Å². The number of carbonyl (C=O) groups excluding carboxylic acids is 1. The zero-order valence-electron chi connectivity index (χ0n) is 14.2. The monoisotopic (exact) mass is 342 g/mol. The highest BCUT2D eigenvalue weighted by Crippen LogP contribution is 2.26. The van der Waals surface area contributed by atoms with Crippen LogP contribution in [0, 0.1) is 5.82 Å². The number of hydrogen-bond acceptors (Lipinski definition) is 3. The molecular formula is C20H23FN2O2. The van der Waals surface area contributed by atoms with Crippen molar-refractivity contribution >= 4 is 5.91 Å². The number of rotatable bonds is 7. The highest BCUT2D eigenvalue weighted by atomic mass is 19.1. The summed E-state index contributed by atoms with van der Waals surface area (Å²) in [6.07, 6.45) is 1.25. The fourth-order valence-corrected chi connectivity index (χ4v) is 2.92. The van der Waals surface area contributed by atoms with Crippen LogP contribution in [0.1, 0.15) is 36.1 Å². The fraction of sp³-hybridized carbons (Fsp3) is 0.350. The van der Waals surface area contributed by atoms with Crippen molar-refractivity contribution in [2.75, 3.05) is 13.6 Å². The van der Waals surface area contributed by atoms with Gasteiger partial charge in [-0.3, -0.25) is 9.69 Å². The number of hydrogen-bond donors (Lipinski definition) is 2. The van der Waals surface area contributed by atoms with Crippen LogP contribution in [-0.4, -0.2) is 35.5 Å². The van der Waals surface area contributed by atoms with Crippen molar-refractivity contribution in [1.29, 1.82) is 0 Å². The first kappa shape index (κ1) is 17.6. The van der Waals surface area contributed by atoms with Gasteiger partial charge in [0, 0.05) is 12.6 Å². The number of benzene rings is 2. The second-order valence-electron chi connectivity index (χ2n) is 6.60. The molecule has 1 saturated carbocycles. The third kappa shape index (κ3) is 4.65. The lowest BCUT2D eigenvalue weighted by molar-refractivity contribution is -0.126. The SMILES string of the molecule is CN(C[C@@H](O)c1ccc(F)cc1)[C@@H](C(=O)NC1CC1)c1ccccc1. The van der Waals surface area contributed by atoms with Crippen LogP contribution >= 0.6 is 0 Å². The van der Waals surface area contributed by atoms with E-state index in [-0.39, 0.29) is 24.3 Å². The molecular weight excluding hydrogens is 319 g/mol. The number of aliphatic hydroxyl groups is 1. The van der Waals surface area contributed by atoms with Crippen LogP contribution < -0.4 is 5.32 Å². The Labute approximate surface area is 147 Å². The van der Waals surface area contributed by atoms with Crippen molar-refractivity contribution in [3.8, 4) is 0 Å². The molecule has 0 aliphatic heterocycles. The van der Waals surface area contributed by atoms with E-state index in [4.69, 9.17) is 0 Å². The first-order valence-corrected chi connectivity index (χ1v) is 8.53. The maximum atomic E-state index is 13.1. The van der Waals surface area contributed by atoms with Crippen LogP contribution in [0.2, 0.25) is 0 Å². The Hall–Kier alpha value is -2.24. The zero-order chi connectivity index (χ0) is 17.8. The van der Waals surface area contributed by atoms with Crippen molar-refractivity contribution in [3.63, 3.8) is 0 Å². The maximum absolute atomic E-state index is 13.1. The minimum atomic E-state index is -0.800. The Morgan fingerprint density at radius 3 is 2.40 bits per heavy atom. The molecule has 1 amide bonds. The summed E-state index contributed by atoms with van der Waals surface area (Å²) in [6.45, 7) is 0.267. The van der Waals surface area contributed by atoms with Crippen molar-refractivity contribution in [1.82, 2.24) is 10.2 Å². The minimum Gasteiger partial charge on any atom is -0.387 e. The summed E-state index contributed by atoms with van der Waals surface area (Å²) < 4.78 is 13.1. The number of nitrogens with zero attached hydrogens (tertiary/aromatic N) is 1. The molecule has 0 bridgehead atoms. The summed E-state index contributed by atoms with van der Waals surface area (Å²) >= 11 is 0. The molecule has 1 aliphatic rings. The molecule has 0 spiro atoms. The van der Waals surface area contributed by atoms with E-state index in [1.165, 1.54) is 12.1 Å². The van der Waals surface area contributed by atoms with Crippen LogP contribution in [0.25, 0.3) is 0 Å². The van der Waals surface area contributed by atoms with E-state index < -0.39 is 12.1 Å². The molecule has 4 nitrogen and oxygen atoms in total. The largest absolute Gasteiger partial charge is 0.387 e. The lowest BCUT2D eigenvalue weighted by atomic mass is 10.0. The predicted octanol–water partition coefficient (Wildman–Crippen LogP) is 2.81. The Morgan fingerprint density at radius 2 is 1.80 bits per heavy atom. The lowest BCUT2D eigenvalue weighted by Crippen LogP contribution is -2.41. The summed E-state index contributed by atoms with van der Waals surface area (Å²) in [7, 11) is 1.82. The maximum Gasteiger partial charge on any atom is 0.242 e. The van der Waals surface area contributed by atoms with Gasteiger partial charge in [0.25, 0.3) is 0 Å². The van der Waals surface area contributed by atoms with Gasteiger partial charge in [-0.2, -0.15) is 0 Å². The van der Waals surface area contributed by atoms with Gasteiger partial charge in [-0.15, -0.1) is 0 Å². The van der Waals surface area contributed by atoms with Crippen LogP contribution in [0.15, 0.2) is 54.6 Å². The van der Waals surface area contributed by atoms with Gasteiger partial charge in [-0.25, -0.2) is 4.39 Å². The van der Waals surface area contributed by atoms with Crippen molar-refractivity contribution < 1.29 is 14.3 Å². The van der Waals surface area contributed by atoms with Crippen LogP contribution in [0.5, 0.6) is 0 Å². The smallest absolute Gasteiger partial charge is 0.242 e. The van der Waals surface area contributed by atoms with E-state index in [0.29, 0.717) is 5.56 Å². The molecule has 2 aromatic rings. The lowest BCUT2D eigenvalue weighted by Gasteiger charge is -2.29. The molecule has 0 aromatic heterocycles. The third-order valence-electron chi connectivity index (χ3n) is 4.44. The van der Waals surface area contributed by atoms with E-state index in [1.807, 2.05) is 42.3 Å². The van der Waals surface area contributed by atoms with E-state index in [9.17, 15) is 14.3 Å². The molecule has 0 unspecified atom stereocenters. The topological polar surface area (TPSA) is 52.6 Å². The van der Waals surface area contributed by atoms with Crippen LogP contribution in [0.3, 0.4) is 0 Å². The molecule has 3 rings (SSSR count). The Balaban J connectivity index is 1.74. The van der Waals surface area contributed by atoms with Crippen LogP contribution in [0.4, 0.5) is 4.39 Å². The van der Waals surface area contributed by atoms with Crippen molar-refractivity contribution in [2.24, 2.45) is 0 Å². The third-order valence-corrected chi connectivity index (χ3v) is 4.44. The summed E-state index contributed by atoms with van der Waals surface area (Å²) in [4.78, 5) is 14.5. The molecule has 2 aromatic carbocycles. The second-order valence-corrected chi connectivity index (χ2v) is 6.60. The number of nitrogens with one attached hydrogen (secondary N) is 1. The van der Waals surface area contributed by atoms with Gasteiger partial charge in [-0.05, 0) is 43.1 Å². The summed E-state index contributed by atoms with van der Waals surface area (Å²) in [5.41, 5.74) is 1.51. The van der Waals surface area contributed by atoms with Crippen LogP contribution in [-0.2, 0) is 4.79 Å². The normalized spacial score (nSPS) is 16.5. The fourth-order valence-electron chi connectivity index (χ4n) is 2.92. The Morgan fingerprint density at radius 1 is 1.16 bits per heavy atom. The van der Waals surface area contributed by atoms with Crippen molar-refractivity contribution in [3.05, 3.63) is 71.5 Å². The summed E-state index contributed by atoms with van der Waals surface area (Å²) in [6, 6.07) is 15.1. The average molecular weight is 342 g/mol. The van der Waals surface area contributed by atoms with Gasteiger partial charge in [-0.1, -0.05) is 42.5 Å². The quantitative estimate of drug-likeness (QED) is 0.813. The van der Waals surface area contributed by atoms with Gasteiger partial charge in [0.1, 0.15) is 11.9 Å². The van der Waals surface area contributed by atoms with Gasteiger partial charge in [0.05, 0.1) is 6.10 Å². The zero-order valence-corrected chi connectivity index (χ0v) is 14.2. The van der Waals surface area contributed by atoms with Crippen molar-refractivity contribution in [2.45, 2.75) is 31.0 Å². The number of amides is 1. The predicted molar refractivity (Wildman–Crippen MR) is 94.3 cm³/mol. The van der Waals surface area contributed by atoms with Gasteiger partial charge in [0.2, 0.25) is 5.91 Å². The molecule has 25 heavy (non-hydrogen) atoms. The average Bonchev–Trinajstić information content (AvgIpc) is 3.40. The molecule has 0 saturated heterocycles. The van der Waals surface area contributed by atoms with E-state index in [0.717, 1.165) is 18.4 Å². The Bertz CT molecular complexity index is 701. The number of likely N-dealkylation sites (N-methyl/N-ethyl adjacent to an activating group) is 1. The first-order valence-electron chi connectivity index (χ1n) is 8.53. The molecule has 1 fully saturated rings. The van der Waals surface area contributed by atoms with E-state index in [1.54, 1.807) is 12.1 Å². The highest BCUT2D eigenvalue weighted by Gasteiger charge is 2.31. The molecule has 5 heteroatoms. The standard InChI is InChI=1S/C20H23FN2O2/c1-23(13-18(24)14-7-9-16(21)10-8-14)19(15-5-3-2-4-6-15)20(25)22-17-11-12-17/h2-10,17-19,24H,11-13H2,1H3,(H,22,25)/t18-,19-/m1/s1. The molecule has 132 valence electrons. The molecule has 2 N–H and O–H groups in total. The van der Waals surface area contributed by atoms with Gasteiger partial charge >= 0.3 is 0 Å². The number of carbonyl (C=O) groups is 1. The Kier molecular flexibility index (Phi) is 5.46. The summed E-state index contributed by atoms with van der Waals surface area (Å²) in [5.74, 6) is -0.391. The second kappa shape index (κ2) is 7.76. The number of aliphatic hydroxyl groups excluding tert-OH is 1. The number of halogens is 1. The molecule has 0 heterocycles. The van der Waals surface area contributed by atoms with Gasteiger partial charge < -0.3 is 10.4 Å². The van der Waals surface area contributed by atoms with E-state index in [2.05, 4.69) is 5.32 Å². The van der Waals surface area contributed by atoms with Gasteiger partial charge in [0.15, 0.2) is 0 Å². The summed E-state index contributed by atoms with van der Waals surface area (Å²) in [5, 5.41) is 13.5. The molecule has 2 atom stereocenters.